The van der Waals surface area contributed by atoms with Crippen molar-refractivity contribution in [3.8, 4) is 11.8 Å². The van der Waals surface area contributed by atoms with Gasteiger partial charge < -0.3 is 5.32 Å². The van der Waals surface area contributed by atoms with Gasteiger partial charge in [-0.2, -0.15) is 9.94 Å². The summed E-state index contributed by atoms with van der Waals surface area (Å²) in [5, 5.41) is 25.3. The maximum atomic E-state index is 12.9. The van der Waals surface area contributed by atoms with Gasteiger partial charge in [-0.05, 0) is 67.7 Å². The number of hydrogen-bond donors (Lipinski definition) is 1. The summed E-state index contributed by atoms with van der Waals surface area (Å²) in [5.74, 6) is -0.161. The Morgan fingerprint density at radius 3 is 2.80 bits per heavy atom. The summed E-state index contributed by atoms with van der Waals surface area (Å²) in [6.07, 6.45) is 5.33. The number of thioether (sulfide) groups is 1. The zero-order valence-corrected chi connectivity index (χ0v) is 18.5. The Balaban J connectivity index is 1.49. The summed E-state index contributed by atoms with van der Waals surface area (Å²) >= 11 is 2.84. The molecule has 4 rings (SSSR count). The highest BCUT2D eigenvalue weighted by molar-refractivity contribution is 8.00. The van der Waals surface area contributed by atoms with Gasteiger partial charge in [-0.3, -0.25) is 4.79 Å². The van der Waals surface area contributed by atoms with Crippen molar-refractivity contribution in [1.29, 1.82) is 5.26 Å². The number of nitrogens with zero attached hydrogens (tertiary/aromatic N) is 5. The van der Waals surface area contributed by atoms with E-state index in [0.717, 1.165) is 42.5 Å². The Bertz CT molecular complexity index is 1100. The molecule has 1 aliphatic carbocycles. The number of hydrogen-bond acceptors (Lipinski definition) is 7. The van der Waals surface area contributed by atoms with Gasteiger partial charge in [-0.25, -0.2) is 0 Å². The molecule has 0 saturated heterocycles. The standard InChI is InChI=1S/C21H22N6OS2/c1-13-8-10-15(11-9-13)27-21(24-25-26-27)29-14(2)19(28)23-20-17(12-22)16-6-4-3-5-7-18(16)30-20/h8-11,14H,3-7H2,1-2H3,(H,23,28)/t14-/m1/s1. The number of nitriles is 1. The largest absolute Gasteiger partial charge is 0.316 e. The summed E-state index contributed by atoms with van der Waals surface area (Å²) in [6.45, 7) is 3.84. The fourth-order valence-corrected chi connectivity index (χ4v) is 5.52. The van der Waals surface area contributed by atoms with E-state index < -0.39 is 5.25 Å². The first-order chi connectivity index (χ1) is 14.6. The molecule has 0 bridgehead atoms. The number of tetrazole rings is 1. The first-order valence-corrected chi connectivity index (χ1v) is 11.6. The number of benzene rings is 1. The number of fused-ring (bicyclic) bond motifs is 1. The van der Waals surface area contributed by atoms with Crippen LogP contribution in [0.5, 0.6) is 0 Å². The normalized spacial score (nSPS) is 14.4. The van der Waals surface area contributed by atoms with Crippen LogP contribution in [-0.4, -0.2) is 31.4 Å². The number of carbonyl (C=O) groups excluding carboxylic acids is 1. The van der Waals surface area contributed by atoms with Crippen molar-refractivity contribution in [3.63, 3.8) is 0 Å². The van der Waals surface area contributed by atoms with E-state index in [0.29, 0.717) is 15.7 Å². The monoisotopic (exact) mass is 438 g/mol. The van der Waals surface area contributed by atoms with Crippen LogP contribution in [0.15, 0.2) is 29.4 Å². The molecule has 1 aromatic carbocycles. The number of amides is 1. The van der Waals surface area contributed by atoms with Gasteiger partial charge in [0.25, 0.3) is 0 Å². The predicted molar refractivity (Wildman–Crippen MR) is 118 cm³/mol. The number of aromatic nitrogens is 4. The first-order valence-electron chi connectivity index (χ1n) is 9.94. The van der Waals surface area contributed by atoms with Crippen molar-refractivity contribution in [2.45, 2.75) is 56.4 Å². The van der Waals surface area contributed by atoms with Crippen LogP contribution in [-0.2, 0) is 17.6 Å². The number of anilines is 1. The van der Waals surface area contributed by atoms with Crippen LogP contribution in [0.1, 0.15) is 47.8 Å². The molecular formula is C21H22N6OS2. The van der Waals surface area contributed by atoms with Crippen molar-refractivity contribution in [3.05, 3.63) is 45.8 Å². The number of aryl methyl sites for hydroxylation is 2. The maximum absolute atomic E-state index is 12.9. The molecule has 2 heterocycles. The molecule has 3 aromatic rings. The summed E-state index contributed by atoms with van der Waals surface area (Å²) in [7, 11) is 0. The van der Waals surface area contributed by atoms with Crippen LogP contribution in [0.4, 0.5) is 5.00 Å². The molecule has 1 amide bonds. The summed E-state index contributed by atoms with van der Waals surface area (Å²) < 4.78 is 1.63. The average Bonchev–Trinajstić information content (AvgIpc) is 3.25. The van der Waals surface area contributed by atoms with Crippen molar-refractivity contribution in [2.24, 2.45) is 0 Å². The van der Waals surface area contributed by atoms with Gasteiger partial charge in [0, 0.05) is 4.88 Å². The Labute approximate surface area is 183 Å². The quantitative estimate of drug-likeness (QED) is 0.471. The molecule has 0 fully saturated rings. The molecule has 154 valence electrons. The molecule has 2 aromatic heterocycles. The molecule has 0 unspecified atom stereocenters. The molecule has 9 heteroatoms. The number of carbonyl (C=O) groups is 1. The fourth-order valence-electron chi connectivity index (χ4n) is 3.47. The molecule has 30 heavy (non-hydrogen) atoms. The van der Waals surface area contributed by atoms with Crippen molar-refractivity contribution >= 4 is 34.0 Å². The van der Waals surface area contributed by atoms with Gasteiger partial charge >= 0.3 is 0 Å². The molecular weight excluding hydrogens is 416 g/mol. The third-order valence-electron chi connectivity index (χ3n) is 5.14. The van der Waals surface area contributed by atoms with Gasteiger partial charge in [0.15, 0.2) is 0 Å². The molecule has 0 aliphatic heterocycles. The van der Waals surface area contributed by atoms with Crippen molar-refractivity contribution in [2.75, 3.05) is 5.32 Å². The van der Waals surface area contributed by atoms with E-state index in [1.165, 1.54) is 23.1 Å². The third-order valence-corrected chi connectivity index (χ3v) is 7.38. The zero-order valence-electron chi connectivity index (χ0n) is 16.9. The van der Waals surface area contributed by atoms with Gasteiger partial charge in [0.2, 0.25) is 11.1 Å². The SMILES string of the molecule is Cc1ccc(-n2nnnc2S[C@H](C)C(=O)Nc2sc3c(c2C#N)CCCCC3)cc1. The molecule has 7 nitrogen and oxygen atoms in total. The van der Waals surface area contributed by atoms with E-state index in [-0.39, 0.29) is 5.91 Å². The van der Waals surface area contributed by atoms with E-state index in [4.69, 9.17) is 0 Å². The topological polar surface area (TPSA) is 96.5 Å². The predicted octanol–water partition coefficient (Wildman–Crippen LogP) is 4.29. The second kappa shape index (κ2) is 8.98. The van der Waals surface area contributed by atoms with E-state index in [1.54, 1.807) is 16.0 Å². The van der Waals surface area contributed by atoms with Gasteiger partial charge in [0.1, 0.15) is 11.1 Å². The molecule has 0 radical (unpaired) electrons. The Kier molecular flexibility index (Phi) is 6.16. The van der Waals surface area contributed by atoms with Crippen LogP contribution in [0.25, 0.3) is 5.69 Å². The molecule has 1 N–H and O–H groups in total. The van der Waals surface area contributed by atoms with Crippen LogP contribution in [0.3, 0.4) is 0 Å². The Morgan fingerprint density at radius 1 is 1.27 bits per heavy atom. The lowest BCUT2D eigenvalue weighted by molar-refractivity contribution is -0.115. The second-order valence-corrected chi connectivity index (χ2v) is 9.75. The lowest BCUT2D eigenvalue weighted by atomic mass is 10.1. The van der Waals surface area contributed by atoms with Gasteiger partial charge in [-0.1, -0.05) is 35.9 Å². The molecule has 0 spiro atoms. The average molecular weight is 439 g/mol. The summed E-state index contributed by atoms with van der Waals surface area (Å²) in [6, 6.07) is 10.2. The smallest absolute Gasteiger partial charge is 0.238 e. The van der Waals surface area contributed by atoms with E-state index in [1.807, 2.05) is 38.1 Å². The maximum Gasteiger partial charge on any atom is 0.238 e. The highest BCUT2D eigenvalue weighted by atomic mass is 32.2. The molecule has 1 atom stereocenters. The third kappa shape index (κ3) is 4.25. The first kappa shape index (κ1) is 20.6. The Hall–Kier alpha value is -2.70. The highest BCUT2D eigenvalue weighted by Gasteiger charge is 2.24. The van der Waals surface area contributed by atoms with E-state index >= 15 is 0 Å². The Morgan fingerprint density at radius 2 is 2.03 bits per heavy atom. The number of nitrogens with one attached hydrogen (secondary N) is 1. The minimum absolute atomic E-state index is 0.161. The van der Waals surface area contributed by atoms with E-state index in [9.17, 15) is 10.1 Å². The van der Waals surface area contributed by atoms with Crippen LogP contribution in [0.2, 0.25) is 0 Å². The van der Waals surface area contributed by atoms with Crippen molar-refractivity contribution in [1.82, 2.24) is 20.2 Å². The highest BCUT2D eigenvalue weighted by Crippen LogP contribution is 2.37. The number of thiophene rings is 1. The molecule has 1 aliphatic rings. The molecule has 0 saturated carbocycles. The second-order valence-electron chi connectivity index (χ2n) is 7.34. The summed E-state index contributed by atoms with van der Waals surface area (Å²) in [4.78, 5) is 14.1. The van der Waals surface area contributed by atoms with Crippen LogP contribution >= 0.6 is 23.1 Å². The van der Waals surface area contributed by atoms with Gasteiger partial charge in [0.05, 0.1) is 16.5 Å². The minimum atomic E-state index is -0.423. The zero-order chi connectivity index (χ0) is 21.1. The lowest BCUT2D eigenvalue weighted by Crippen LogP contribution is -2.23. The lowest BCUT2D eigenvalue weighted by Gasteiger charge is -2.11. The van der Waals surface area contributed by atoms with Gasteiger partial charge in [-0.15, -0.1) is 16.4 Å². The minimum Gasteiger partial charge on any atom is -0.316 e. The summed E-state index contributed by atoms with van der Waals surface area (Å²) in [5.41, 5.74) is 3.75. The van der Waals surface area contributed by atoms with Crippen molar-refractivity contribution < 1.29 is 4.79 Å². The van der Waals surface area contributed by atoms with Crippen LogP contribution in [0, 0.1) is 18.3 Å². The van der Waals surface area contributed by atoms with Crippen LogP contribution < -0.4 is 5.32 Å². The number of rotatable bonds is 5. The van der Waals surface area contributed by atoms with E-state index in [2.05, 4.69) is 26.9 Å². The fraction of sp³-hybridized carbons (Fsp3) is 0.381.